The van der Waals surface area contributed by atoms with Gasteiger partial charge in [0.1, 0.15) is 18.2 Å². The Bertz CT molecular complexity index is 517. The molecule has 1 aromatic heterocycles. The summed E-state index contributed by atoms with van der Waals surface area (Å²) in [4.78, 5) is 7.97. The van der Waals surface area contributed by atoms with Crippen LogP contribution < -0.4 is 10.5 Å². The van der Waals surface area contributed by atoms with E-state index in [1.165, 1.54) is 6.20 Å². The van der Waals surface area contributed by atoms with Crippen molar-refractivity contribution < 1.29 is 4.74 Å². The van der Waals surface area contributed by atoms with Crippen LogP contribution in [0.5, 0.6) is 5.75 Å². The molecule has 1 heterocycles. The van der Waals surface area contributed by atoms with Crippen molar-refractivity contribution in [3.05, 3.63) is 46.3 Å². The number of anilines is 1. The van der Waals surface area contributed by atoms with Crippen molar-refractivity contribution in [2.75, 3.05) is 5.73 Å². The molecule has 0 aliphatic heterocycles. The van der Waals surface area contributed by atoms with Crippen molar-refractivity contribution in [1.82, 2.24) is 9.97 Å². The number of rotatable bonds is 3. The van der Waals surface area contributed by atoms with Gasteiger partial charge in [-0.3, -0.25) is 4.98 Å². The topological polar surface area (TPSA) is 61.0 Å². The Balaban J connectivity index is 2.02. The van der Waals surface area contributed by atoms with Crippen LogP contribution in [-0.2, 0) is 6.61 Å². The van der Waals surface area contributed by atoms with E-state index in [1.54, 1.807) is 24.4 Å². The van der Waals surface area contributed by atoms with Gasteiger partial charge in [0.05, 0.1) is 28.1 Å². The number of hydrogen-bond acceptors (Lipinski definition) is 4. The molecule has 0 bridgehead atoms. The largest absolute Gasteiger partial charge is 0.487 e. The summed E-state index contributed by atoms with van der Waals surface area (Å²) in [7, 11) is 0. The van der Waals surface area contributed by atoms with Crippen LogP contribution in [-0.4, -0.2) is 9.97 Å². The summed E-state index contributed by atoms with van der Waals surface area (Å²) >= 11 is 11.7. The minimum absolute atomic E-state index is 0.297. The summed E-state index contributed by atoms with van der Waals surface area (Å²) in [6, 6.07) is 5.06. The molecule has 0 fully saturated rings. The van der Waals surface area contributed by atoms with E-state index in [1.807, 2.05) is 0 Å². The van der Waals surface area contributed by atoms with Crippen molar-refractivity contribution in [2.24, 2.45) is 0 Å². The summed E-state index contributed by atoms with van der Waals surface area (Å²) in [6.07, 6.45) is 3.04. The van der Waals surface area contributed by atoms with Gasteiger partial charge in [0, 0.05) is 6.07 Å². The van der Waals surface area contributed by atoms with Crippen LogP contribution in [0, 0.1) is 0 Å². The highest BCUT2D eigenvalue weighted by atomic mass is 35.5. The third-order valence-corrected chi connectivity index (χ3v) is 2.74. The molecule has 0 saturated heterocycles. The Kier molecular flexibility index (Phi) is 3.66. The standard InChI is InChI=1S/C11H9Cl2N3O/c12-9-2-1-8(3-10(9)13)17-6-7-4-16-11(14)5-15-7/h1-5H,6H2,(H2,14,16). The Labute approximate surface area is 108 Å². The zero-order valence-electron chi connectivity index (χ0n) is 8.73. The highest BCUT2D eigenvalue weighted by molar-refractivity contribution is 6.42. The molecule has 88 valence electrons. The molecule has 1 aromatic carbocycles. The summed E-state index contributed by atoms with van der Waals surface area (Å²) < 4.78 is 5.48. The van der Waals surface area contributed by atoms with Gasteiger partial charge in [0.15, 0.2) is 0 Å². The first-order chi connectivity index (χ1) is 8.15. The molecule has 6 heteroatoms. The average Bonchev–Trinajstić information content (AvgIpc) is 2.33. The Morgan fingerprint density at radius 2 is 1.94 bits per heavy atom. The molecule has 0 aliphatic rings. The number of ether oxygens (including phenoxy) is 1. The van der Waals surface area contributed by atoms with Crippen LogP contribution in [0.25, 0.3) is 0 Å². The monoisotopic (exact) mass is 269 g/mol. The number of halogens is 2. The highest BCUT2D eigenvalue weighted by Crippen LogP contribution is 2.26. The quantitative estimate of drug-likeness (QED) is 0.931. The highest BCUT2D eigenvalue weighted by Gasteiger charge is 2.01. The number of nitrogens with two attached hydrogens (primary N) is 1. The molecular weight excluding hydrogens is 261 g/mol. The minimum Gasteiger partial charge on any atom is -0.487 e. The average molecular weight is 270 g/mol. The lowest BCUT2D eigenvalue weighted by Gasteiger charge is -2.06. The van der Waals surface area contributed by atoms with Gasteiger partial charge in [-0.1, -0.05) is 23.2 Å². The maximum absolute atomic E-state index is 5.86. The van der Waals surface area contributed by atoms with Crippen LogP contribution in [0.15, 0.2) is 30.6 Å². The van der Waals surface area contributed by atoms with Crippen molar-refractivity contribution in [3.8, 4) is 5.75 Å². The second-order valence-electron chi connectivity index (χ2n) is 3.30. The van der Waals surface area contributed by atoms with E-state index in [0.29, 0.717) is 33.9 Å². The van der Waals surface area contributed by atoms with Gasteiger partial charge in [-0.15, -0.1) is 0 Å². The molecule has 0 unspecified atom stereocenters. The number of nitrogen functional groups attached to an aromatic ring is 1. The first kappa shape index (κ1) is 12.0. The van der Waals surface area contributed by atoms with Crippen molar-refractivity contribution in [3.63, 3.8) is 0 Å². The predicted octanol–water partition coefficient (Wildman–Crippen LogP) is 2.94. The van der Waals surface area contributed by atoms with Crippen molar-refractivity contribution >= 4 is 29.0 Å². The van der Waals surface area contributed by atoms with Crippen LogP contribution in [0.4, 0.5) is 5.82 Å². The first-order valence-electron chi connectivity index (χ1n) is 4.79. The van der Waals surface area contributed by atoms with Gasteiger partial charge < -0.3 is 10.5 Å². The zero-order chi connectivity index (χ0) is 12.3. The molecule has 2 N–H and O–H groups in total. The molecule has 0 amide bonds. The Morgan fingerprint density at radius 3 is 2.59 bits per heavy atom. The molecular formula is C11H9Cl2N3O. The smallest absolute Gasteiger partial charge is 0.141 e. The van der Waals surface area contributed by atoms with Gasteiger partial charge in [-0.25, -0.2) is 4.98 Å². The van der Waals surface area contributed by atoms with Gasteiger partial charge in [0.25, 0.3) is 0 Å². The summed E-state index contributed by atoms with van der Waals surface area (Å²) in [5, 5.41) is 0.943. The van der Waals surface area contributed by atoms with Gasteiger partial charge >= 0.3 is 0 Å². The van der Waals surface area contributed by atoms with Gasteiger partial charge in [-0.05, 0) is 12.1 Å². The predicted molar refractivity (Wildman–Crippen MR) is 67.2 cm³/mol. The number of nitrogens with zero attached hydrogens (tertiary/aromatic N) is 2. The summed E-state index contributed by atoms with van der Waals surface area (Å²) in [5.74, 6) is 1.00. The normalized spacial score (nSPS) is 10.2. The van der Waals surface area contributed by atoms with E-state index in [9.17, 15) is 0 Å². The van der Waals surface area contributed by atoms with E-state index in [0.717, 1.165) is 0 Å². The van der Waals surface area contributed by atoms with Crippen LogP contribution in [0.3, 0.4) is 0 Å². The molecule has 2 rings (SSSR count). The molecule has 4 nitrogen and oxygen atoms in total. The molecule has 0 radical (unpaired) electrons. The number of benzene rings is 1. The maximum atomic E-state index is 5.86. The Morgan fingerprint density at radius 1 is 1.12 bits per heavy atom. The second kappa shape index (κ2) is 5.21. The van der Waals surface area contributed by atoms with Gasteiger partial charge in [0.2, 0.25) is 0 Å². The van der Waals surface area contributed by atoms with E-state index < -0.39 is 0 Å². The number of hydrogen-bond donors (Lipinski definition) is 1. The summed E-state index contributed by atoms with van der Waals surface area (Å²) in [6.45, 7) is 0.297. The third kappa shape index (κ3) is 3.22. The minimum atomic E-state index is 0.297. The summed E-state index contributed by atoms with van der Waals surface area (Å²) in [5.41, 5.74) is 6.11. The molecule has 0 spiro atoms. The maximum Gasteiger partial charge on any atom is 0.141 e. The van der Waals surface area contributed by atoms with E-state index in [2.05, 4.69) is 9.97 Å². The van der Waals surface area contributed by atoms with Gasteiger partial charge in [-0.2, -0.15) is 0 Å². The lowest BCUT2D eigenvalue weighted by molar-refractivity contribution is 0.301. The zero-order valence-corrected chi connectivity index (χ0v) is 10.2. The van der Waals surface area contributed by atoms with E-state index in [4.69, 9.17) is 33.7 Å². The Hall–Kier alpha value is -1.52. The number of aromatic nitrogens is 2. The first-order valence-corrected chi connectivity index (χ1v) is 5.55. The second-order valence-corrected chi connectivity index (χ2v) is 4.11. The molecule has 2 aromatic rings. The SMILES string of the molecule is Nc1cnc(COc2ccc(Cl)c(Cl)c2)cn1. The fourth-order valence-corrected chi connectivity index (χ4v) is 1.45. The molecule has 0 atom stereocenters. The van der Waals surface area contributed by atoms with E-state index in [-0.39, 0.29) is 0 Å². The fraction of sp³-hybridized carbons (Fsp3) is 0.0909. The third-order valence-electron chi connectivity index (χ3n) is 2.00. The van der Waals surface area contributed by atoms with E-state index >= 15 is 0 Å². The molecule has 0 saturated carbocycles. The van der Waals surface area contributed by atoms with Crippen LogP contribution in [0.1, 0.15) is 5.69 Å². The lowest BCUT2D eigenvalue weighted by atomic mass is 10.3. The van der Waals surface area contributed by atoms with Crippen LogP contribution >= 0.6 is 23.2 Å². The van der Waals surface area contributed by atoms with Crippen molar-refractivity contribution in [1.29, 1.82) is 0 Å². The molecule has 17 heavy (non-hydrogen) atoms. The lowest BCUT2D eigenvalue weighted by Crippen LogP contribution is -2.00. The molecule has 0 aliphatic carbocycles. The van der Waals surface area contributed by atoms with Crippen molar-refractivity contribution in [2.45, 2.75) is 6.61 Å². The van der Waals surface area contributed by atoms with Crippen LogP contribution in [0.2, 0.25) is 10.0 Å². The fourth-order valence-electron chi connectivity index (χ4n) is 1.16.